The molecule has 3 atom stereocenters. The maximum absolute atomic E-state index is 12.2. The molecule has 1 aromatic heterocycles. The third kappa shape index (κ3) is 3.66. The minimum atomic E-state index is 0.0698. The first kappa shape index (κ1) is 15.6. The third-order valence-electron chi connectivity index (χ3n) is 4.50. The Morgan fingerprint density at radius 1 is 1.24 bits per heavy atom. The molecule has 0 radical (unpaired) electrons. The summed E-state index contributed by atoms with van der Waals surface area (Å²) in [5.41, 5.74) is 2.41. The molecule has 0 aliphatic rings. The minimum absolute atomic E-state index is 0.0698. The number of fused-ring (bicyclic) bond motifs is 1. The van der Waals surface area contributed by atoms with Crippen molar-refractivity contribution in [2.45, 2.75) is 46.6 Å². The van der Waals surface area contributed by atoms with E-state index in [9.17, 15) is 4.79 Å². The molecule has 1 heterocycles. The van der Waals surface area contributed by atoms with Crippen molar-refractivity contribution < 1.29 is 4.79 Å². The molecule has 0 bridgehead atoms. The van der Waals surface area contributed by atoms with Crippen molar-refractivity contribution in [3.05, 3.63) is 36.0 Å². The van der Waals surface area contributed by atoms with Gasteiger partial charge >= 0.3 is 0 Å². The molecule has 0 aliphatic heterocycles. The van der Waals surface area contributed by atoms with E-state index in [0.29, 0.717) is 5.92 Å². The van der Waals surface area contributed by atoms with Gasteiger partial charge in [0, 0.05) is 29.1 Å². The zero-order valence-corrected chi connectivity index (χ0v) is 13.4. The molecule has 2 rings (SSSR count). The number of hydrogen-bond acceptors (Lipinski definition) is 1. The zero-order valence-electron chi connectivity index (χ0n) is 13.4. The number of amides is 1. The monoisotopic (exact) mass is 286 g/mol. The van der Waals surface area contributed by atoms with Crippen LogP contribution in [0.1, 0.15) is 39.7 Å². The predicted octanol–water partition coefficient (Wildman–Crippen LogP) is 3.90. The summed E-state index contributed by atoms with van der Waals surface area (Å²) in [5, 5.41) is 4.39. The standard InChI is InChI=1S/C18H26N2O/c1-5-12(2)14(4)18(21)20-13(3)10-15-11-19-17-9-7-6-8-16(15)17/h6-9,11-14,19H,5,10H2,1-4H3,(H,20,21). The van der Waals surface area contributed by atoms with Crippen molar-refractivity contribution in [1.29, 1.82) is 0 Å². The molecule has 0 fully saturated rings. The lowest BCUT2D eigenvalue weighted by Gasteiger charge is -2.21. The second-order valence-electron chi connectivity index (χ2n) is 6.15. The summed E-state index contributed by atoms with van der Waals surface area (Å²) in [4.78, 5) is 15.5. The number of benzene rings is 1. The Bertz CT molecular complexity index is 602. The number of aromatic amines is 1. The van der Waals surface area contributed by atoms with Crippen LogP contribution in [0.5, 0.6) is 0 Å². The molecule has 2 aromatic rings. The smallest absolute Gasteiger partial charge is 0.223 e. The van der Waals surface area contributed by atoms with Gasteiger partial charge in [0.15, 0.2) is 0 Å². The summed E-state index contributed by atoms with van der Waals surface area (Å²) in [5.74, 6) is 0.655. The molecular weight excluding hydrogens is 260 g/mol. The first-order valence-corrected chi connectivity index (χ1v) is 7.88. The Morgan fingerprint density at radius 2 is 1.95 bits per heavy atom. The molecule has 0 saturated heterocycles. The van der Waals surface area contributed by atoms with Crippen LogP contribution in [0.15, 0.2) is 30.5 Å². The van der Waals surface area contributed by atoms with Crippen molar-refractivity contribution in [1.82, 2.24) is 10.3 Å². The molecule has 3 heteroatoms. The van der Waals surface area contributed by atoms with Crippen molar-refractivity contribution in [3.8, 4) is 0 Å². The molecule has 0 aliphatic carbocycles. The maximum Gasteiger partial charge on any atom is 0.223 e. The lowest BCUT2D eigenvalue weighted by atomic mass is 9.92. The number of carbonyl (C=O) groups excluding carboxylic acids is 1. The van der Waals surface area contributed by atoms with Crippen LogP contribution in [0.2, 0.25) is 0 Å². The maximum atomic E-state index is 12.2. The molecule has 1 amide bonds. The number of para-hydroxylation sites is 1. The number of carbonyl (C=O) groups is 1. The summed E-state index contributed by atoms with van der Waals surface area (Å²) in [6.07, 6.45) is 3.93. The van der Waals surface area contributed by atoms with E-state index >= 15 is 0 Å². The van der Waals surface area contributed by atoms with Crippen LogP contribution in [-0.2, 0) is 11.2 Å². The summed E-state index contributed by atoms with van der Waals surface area (Å²) in [7, 11) is 0. The van der Waals surface area contributed by atoms with E-state index in [4.69, 9.17) is 0 Å². The highest BCUT2D eigenvalue weighted by Crippen LogP contribution is 2.19. The number of H-pyrrole nitrogens is 1. The van der Waals surface area contributed by atoms with Gasteiger partial charge in [0.05, 0.1) is 0 Å². The Balaban J connectivity index is 1.98. The normalized spacial score (nSPS) is 15.6. The van der Waals surface area contributed by atoms with Gasteiger partial charge in [-0.05, 0) is 30.9 Å². The van der Waals surface area contributed by atoms with Gasteiger partial charge in [-0.1, -0.05) is 45.4 Å². The van der Waals surface area contributed by atoms with Gasteiger partial charge in [-0.2, -0.15) is 0 Å². The Morgan fingerprint density at radius 3 is 2.67 bits per heavy atom. The summed E-state index contributed by atoms with van der Waals surface area (Å²) >= 11 is 0. The van der Waals surface area contributed by atoms with Crippen LogP contribution in [-0.4, -0.2) is 16.9 Å². The zero-order chi connectivity index (χ0) is 15.4. The van der Waals surface area contributed by atoms with Crippen LogP contribution in [0.3, 0.4) is 0 Å². The molecule has 3 nitrogen and oxygen atoms in total. The number of aromatic nitrogens is 1. The molecule has 21 heavy (non-hydrogen) atoms. The average molecular weight is 286 g/mol. The van der Waals surface area contributed by atoms with E-state index in [-0.39, 0.29) is 17.9 Å². The van der Waals surface area contributed by atoms with E-state index in [2.05, 4.69) is 43.2 Å². The van der Waals surface area contributed by atoms with E-state index in [1.165, 1.54) is 10.9 Å². The van der Waals surface area contributed by atoms with Gasteiger partial charge < -0.3 is 10.3 Å². The molecule has 114 valence electrons. The SMILES string of the molecule is CCC(C)C(C)C(=O)NC(C)Cc1c[nH]c2ccccc12. The second kappa shape index (κ2) is 6.79. The van der Waals surface area contributed by atoms with E-state index < -0.39 is 0 Å². The molecule has 1 aromatic carbocycles. The average Bonchev–Trinajstić information content (AvgIpc) is 2.88. The minimum Gasteiger partial charge on any atom is -0.361 e. The summed E-state index contributed by atoms with van der Waals surface area (Å²) < 4.78 is 0. The summed E-state index contributed by atoms with van der Waals surface area (Å²) in [6, 6.07) is 8.42. The Hall–Kier alpha value is -1.77. The van der Waals surface area contributed by atoms with E-state index in [0.717, 1.165) is 18.4 Å². The first-order valence-electron chi connectivity index (χ1n) is 7.88. The highest BCUT2D eigenvalue weighted by Gasteiger charge is 2.20. The lowest BCUT2D eigenvalue weighted by Crippen LogP contribution is -2.39. The van der Waals surface area contributed by atoms with Crippen molar-refractivity contribution >= 4 is 16.8 Å². The number of rotatable bonds is 6. The fraction of sp³-hybridized carbons (Fsp3) is 0.500. The van der Waals surface area contributed by atoms with Crippen LogP contribution >= 0.6 is 0 Å². The third-order valence-corrected chi connectivity index (χ3v) is 4.50. The quantitative estimate of drug-likeness (QED) is 0.831. The van der Waals surface area contributed by atoms with Gasteiger partial charge in [0.2, 0.25) is 5.91 Å². The largest absolute Gasteiger partial charge is 0.361 e. The molecular formula is C18H26N2O. The van der Waals surface area contributed by atoms with E-state index in [1.807, 2.05) is 25.3 Å². The van der Waals surface area contributed by atoms with E-state index in [1.54, 1.807) is 0 Å². The Kier molecular flexibility index (Phi) is 5.05. The highest BCUT2D eigenvalue weighted by atomic mass is 16.1. The van der Waals surface area contributed by atoms with Crippen molar-refractivity contribution in [3.63, 3.8) is 0 Å². The summed E-state index contributed by atoms with van der Waals surface area (Å²) in [6.45, 7) is 8.35. The molecule has 0 saturated carbocycles. The topological polar surface area (TPSA) is 44.9 Å². The predicted molar refractivity (Wildman–Crippen MR) is 88.2 cm³/mol. The lowest BCUT2D eigenvalue weighted by molar-refractivity contribution is -0.126. The van der Waals surface area contributed by atoms with Gasteiger partial charge in [-0.25, -0.2) is 0 Å². The van der Waals surface area contributed by atoms with Crippen LogP contribution in [0.4, 0.5) is 0 Å². The second-order valence-corrected chi connectivity index (χ2v) is 6.15. The van der Waals surface area contributed by atoms with Gasteiger partial charge in [0.1, 0.15) is 0 Å². The first-order chi connectivity index (χ1) is 10.0. The molecule has 3 unspecified atom stereocenters. The number of nitrogens with one attached hydrogen (secondary N) is 2. The van der Waals surface area contributed by atoms with Gasteiger partial charge in [0.25, 0.3) is 0 Å². The number of hydrogen-bond donors (Lipinski definition) is 2. The van der Waals surface area contributed by atoms with Crippen molar-refractivity contribution in [2.24, 2.45) is 11.8 Å². The van der Waals surface area contributed by atoms with Crippen molar-refractivity contribution in [2.75, 3.05) is 0 Å². The fourth-order valence-corrected chi connectivity index (χ4v) is 2.67. The molecule has 0 spiro atoms. The van der Waals surface area contributed by atoms with Gasteiger partial charge in [-0.15, -0.1) is 0 Å². The Labute approximate surface area is 127 Å². The van der Waals surface area contributed by atoms with Crippen LogP contribution in [0, 0.1) is 11.8 Å². The van der Waals surface area contributed by atoms with Gasteiger partial charge in [-0.3, -0.25) is 4.79 Å². The molecule has 2 N–H and O–H groups in total. The van der Waals surface area contributed by atoms with Crippen LogP contribution in [0.25, 0.3) is 10.9 Å². The fourth-order valence-electron chi connectivity index (χ4n) is 2.67. The highest BCUT2D eigenvalue weighted by molar-refractivity contribution is 5.83. The van der Waals surface area contributed by atoms with Crippen LogP contribution < -0.4 is 5.32 Å².